The Morgan fingerprint density at radius 3 is 2.42 bits per heavy atom. The first kappa shape index (κ1) is 15.0. The van der Waals surface area contributed by atoms with Gasteiger partial charge in [-0.3, -0.25) is 0 Å². The normalized spacial score (nSPS) is 26.4. The lowest BCUT2D eigenvalue weighted by molar-refractivity contribution is 0.169. The van der Waals surface area contributed by atoms with Crippen molar-refractivity contribution in [2.24, 2.45) is 11.3 Å². The quantitative estimate of drug-likeness (QED) is 0.663. The third kappa shape index (κ3) is 3.59. The van der Waals surface area contributed by atoms with Crippen LogP contribution in [0.3, 0.4) is 0 Å². The van der Waals surface area contributed by atoms with Crippen LogP contribution in [0.5, 0.6) is 0 Å². The second-order valence-electron chi connectivity index (χ2n) is 7.33. The van der Waals surface area contributed by atoms with Crippen molar-refractivity contribution in [2.45, 2.75) is 78.6 Å². The summed E-state index contributed by atoms with van der Waals surface area (Å²) < 4.78 is 0. The van der Waals surface area contributed by atoms with Crippen LogP contribution in [-0.2, 0) is 0 Å². The van der Waals surface area contributed by atoms with Gasteiger partial charge in [0.1, 0.15) is 0 Å². The maximum atomic E-state index is 4.91. The molecule has 19 heavy (non-hydrogen) atoms. The van der Waals surface area contributed by atoms with Gasteiger partial charge in [-0.2, -0.15) is 0 Å². The molecule has 0 bridgehead atoms. The van der Waals surface area contributed by atoms with Crippen LogP contribution >= 0.6 is 11.3 Å². The average molecular weight is 279 g/mol. The molecule has 1 aliphatic carbocycles. The van der Waals surface area contributed by atoms with E-state index in [0.29, 0.717) is 11.3 Å². The largest absolute Gasteiger partial charge is 0.246 e. The van der Waals surface area contributed by atoms with Gasteiger partial charge >= 0.3 is 0 Å². The molecule has 2 heteroatoms. The van der Waals surface area contributed by atoms with Crippen LogP contribution in [0, 0.1) is 11.3 Å². The minimum Gasteiger partial charge on any atom is -0.246 e. The van der Waals surface area contributed by atoms with E-state index in [1.807, 2.05) is 11.3 Å². The van der Waals surface area contributed by atoms with Gasteiger partial charge in [-0.1, -0.05) is 34.6 Å². The maximum absolute atomic E-state index is 4.91. The molecular formula is C17H29NS. The van der Waals surface area contributed by atoms with Crippen LogP contribution in [0.1, 0.15) is 89.3 Å². The van der Waals surface area contributed by atoms with Crippen molar-refractivity contribution in [2.75, 3.05) is 0 Å². The van der Waals surface area contributed by atoms with Crippen molar-refractivity contribution in [3.05, 3.63) is 16.1 Å². The topological polar surface area (TPSA) is 12.9 Å². The molecule has 1 heterocycles. The highest BCUT2D eigenvalue weighted by Gasteiger charge is 2.31. The SMILES string of the molecule is CCC(C)c1csc(C2CCC(C(C)(C)C)CC2)n1. The minimum atomic E-state index is 0.482. The molecule has 1 aromatic heterocycles. The van der Waals surface area contributed by atoms with Crippen molar-refractivity contribution in [3.8, 4) is 0 Å². The summed E-state index contributed by atoms with van der Waals surface area (Å²) >= 11 is 1.90. The maximum Gasteiger partial charge on any atom is 0.0959 e. The first-order valence-corrected chi connectivity index (χ1v) is 8.75. The van der Waals surface area contributed by atoms with Gasteiger partial charge < -0.3 is 0 Å². The fourth-order valence-corrected chi connectivity index (χ4v) is 4.24. The number of hydrogen-bond donors (Lipinski definition) is 0. The molecule has 1 saturated carbocycles. The summed E-state index contributed by atoms with van der Waals surface area (Å²) in [4.78, 5) is 4.91. The Balaban J connectivity index is 1.96. The summed E-state index contributed by atoms with van der Waals surface area (Å²) in [6, 6.07) is 0. The van der Waals surface area contributed by atoms with Gasteiger partial charge in [0.2, 0.25) is 0 Å². The Morgan fingerprint density at radius 1 is 1.26 bits per heavy atom. The molecule has 0 saturated heterocycles. The summed E-state index contributed by atoms with van der Waals surface area (Å²) in [6.07, 6.45) is 6.64. The summed E-state index contributed by atoms with van der Waals surface area (Å²) in [6.45, 7) is 11.7. The Bertz CT molecular complexity index is 394. The zero-order chi connectivity index (χ0) is 14.0. The van der Waals surface area contributed by atoms with Crippen LogP contribution < -0.4 is 0 Å². The monoisotopic (exact) mass is 279 g/mol. The molecule has 1 atom stereocenters. The van der Waals surface area contributed by atoms with E-state index in [4.69, 9.17) is 4.98 Å². The van der Waals surface area contributed by atoms with Crippen molar-refractivity contribution in [3.63, 3.8) is 0 Å². The molecule has 0 aromatic carbocycles. The van der Waals surface area contributed by atoms with Crippen molar-refractivity contribution < 1.29 is 0 Å². The molecule has 1 aromatic rings. The number of hydrogen-bond acceptors (Lipinski definition) is 2. The molecule has 0 spiro atoms. The fraction of sp³-hybridized carbons (Fsp3) is 0.824. The fourth-order valence-electron chi connectivity index (χ4n) is 3.13. The molecule has 0 aliphatic heterocycles. The first-order chi connectivity index (χ1) is 8.91. The standard InChI is InChI=1S/C17H29NS/c1-6-12(2)15-11-19-16(18-15)13-7-9-14(10-8-13)17(3,4)5/h11-14H,6-10H2,1-5H3. The molecule has 1 unspecified atom stereocenters. The van der Waals surface area contributed by atoms with Crippen LogP contribution in [0.25, 0.3) is 0 Å². The van der Waals surface area contributed by atoms with Gasteiger partial charge in [-0.25, -0.2) is 4.98 Å². The minimum absolute atomic E-state index is 0.482. The van der Waals surface area contributed by atoms with E-state index in [1.54, 1.807) is 0 Å². The van der Waals surface area contributed by atoms with E-state index in [9.17, 15) is 0 Å². The van der Waals surface area contributed by atoms with Gasteiger partial charge in [-0.15, -0.1) is 11.3 Å². The van der Waals surface area contributed by atoms with E-state index in [2.05, 4.69) is 40.0 Å². The second kappa shape index (κ2) is 5.95. The molecule has 108 valence electrons. The van der Waals surface area contributed by atoms with E-state index >= 15 is 0 Å². The number of nitrogens with zero attached hydrogens (tertiary/aromatic N) is 1. The third-order valence-electron chi connectivity index (χ3n) is 4.96. The van der Waals surface area contributed by atoms with E-state index in [1.165, 1.54) is 42.8 Å². The molecule has 1 aliphatic rings. The van der Waals surface area contributed by atoms with Crippen LogP contribution in [0.2, 0.25) is 0 Å². The smallest absolute Gasteiger partial charge is 0.0959 e. The van der Waals surface area contributed by atoms with Crippen molar-refractivity contribution in [1.82, 2.24) is 4.98 Å². The molecule has 0 N–H and O–H groups in total. The van der Waals surface area contributed by atoms with Gasteiger partial charge in [0, 0.05) is 11.3 Å². The lowest BCUT2D eigenvalue weighted by Crippen LogP contribution is -2.25. The van der Waals surface area contributed by atoms with Crippen LogP contribution in [0.4, 0.5) is 0 Å². The van der Waals surface area contributed by atoms with E-state index < -0.39 is 0 Å². The zero-order valence-electron chi connectivity index (χ0n) is 13.2. The number of rotatable bonds is 3. The number of aromatic nitrogens is 1. The summed E-state index contributed by atoms with van der Waals surface area (Å²) in [5.74, 6) is 2.26. The molecule has 1 fully saturated rings. The Morgan fingerprint density at radius 2 is 1.89 bits per heavy atom. The van der Waals surface area contributed by atoms with Crippen LogP contribution in [-0.4, -0.2) is 4.98 Å². The Hall–Kier alpha value is -0.370. The third-order valence-corrected chi connectivity index (χ3v) is 5.98. The van der Waals surface area contributed by atoms with Crippen molar-refractivity contribution in [1.29, 1.82) is 0 Å². The first-order valence-electron chi connectivity index (χ1n) is 7.87. The lowest BCUT2D eigenvalue weighted by atomic mass is 9.70. The predicted molar refractivity (Wildman–Crippen MR) is 85.0 cm³/mol. The summed E-state index contributed by atoms with van der Waals surface area (Å²) in [5, 5.41) is 3.70. The van der Waals surface area contributed by atoms with E-state index in [0.717, 1.165) is 11.8 Å². The molecule has 1 nitrogen and oxygen atoms in total. The molecule has 0 radical (unpaired) electrons. The summed E-state index contributed by atoms with van der Waals surface area (Å²) in [5.41, 5.74) is 1.80. The average Bonchev–Trinajstić information content (AvgIpc) is 2.86. The van der Waals surface area contributed by atoms with Gasteiger partial charge in [0.25, 0.3) is 0 Å². The van der Waals surface area contributed by atoms with Crippen LogP contribution in [0.15, 0.2) is 5.38 Å². The lowest BCUT2D eigenvalue weighted by Gasteiger charge is -2.36. The van der Waals surface area contributed by atoms with Gasteiger partial charge in [-0.05, 0) is 49.4 Å². The zero-order valence-corrected chi connectivity index (χ0v) is 14.0. The molecule has 2 rings (SSSR count). The highest BCUT2D eigenvalue weighted by molar-refractivity contribution is 7.09. The predicted octanol–water partition coefficient (Wildman–Crippen LogP) is 5.98. The van der Waals surface area contributed by atoms with Gasteiger partial charge in [0.05, 0.1) is 10.7 Å². The molecule has 0 amide bonds. The highest BCUT2D eigenvalue weighted by Crippen LogP contribution is 2.43. The van der Waals surface area contributed by atoms with E-state index in [-0.39, 0.29) is 0 Å². The van der Waals surface area contributed by atoms with Gasteiger partial charge in [0.15, 0.2) is 0 Å². The molecular weight excluding hydrogens is 250 g/mol. The summed E-state index contributed by atoms with van der Waals surface area (Å²) in [7, 11) is 0. The Labute approximate surface area is 122 Å². The Kier molecular flexibility index (Phi) is 4.70. The number of thiazole rings is 1. The van der Waals surface area contributed by atoms with Crippen molar-refractivity contribution >= 4 is 11.3 Å². The second-order valence-corrected chi connectivity index (χ2v) is 8.22. The highest BCUT2D eigenvalue weighted by atomic mass is 32.1.